The maximum absolute atomic E-state index is 12.5. The summed E-state index contributed by atoms with van der Waals surface area (Å²) in [6, 6.07) is 19.5. The van der Waals surface area contributed by atoms with Crippen molar-refractivity contribution in [1.29, 1.82) is 0 Å². The van der Waals surface area contributed by atoms with Crippen LogP contribution in [0.5, 0.6) is 11.5 Å². The summed E-state index contributed by atoms with van der Waals surface area (Å²) in [4.78, 5) is 27.8. The van der Waals surface area contributed by atoms with Gasteiger partial charge in [0.25, 0.3) is 11.6 Å². The smallest absolute Gasteiger partial charge is 0.270 e. The summed E-state index contributed by atoms with van der Waals surface area (Å²) in [6.07, 6.45) is 1.74. The number of carbonyl (C=O) groups is 1. The minimum Gasteiger partial charge on any atom is -0.493 e. The van der Waals surface area contributed by atoms with Crippen LogP contribution in [0.2, 0.25) is 0 Å². The first-order valence-electron chi connectivity index (χ1n) is 10.0. The molecule has 0 radical (unpaired) electrons. The largest absolute Gasteiger partial charge is 0.493 e. The summed E-state index contributed by atoms with van der Waals surface area (Å²) in [5.41, 5.74) is 2.21. The molecule has 34 heavy (non-hydrogen) atoms. The first-order valence-corrected chi connectivity index (χ1v) is 11.6. The van der Waals surface area contributed by atoms with Gasteiger partial charge in [0.1, 0.15) is 6.61 Å². The second-order valence-corrected chi connectivity index (χ2v) is 8.94. The van der Waals surface area contributed by atoms with E-state index >= 15 is 0 Å². The number of non-ortho nitro benzene ring substituents is 1. The third kappa shape index (κ3) is 5.64. The molecule has 0 spiro atoms. The molecule has 0 aromatic heterocycles. The number of thioether (sulfide) groups is 1. The van der Waals surface area contributed by atoms with Gasteiger partial charge >= 0.3 is 0 Å². The predicted octanol–water partition coefficient (Wildman–Crippen LogP) is 5.84. The van der Waals surface area contributed by atoms with Gasteiger partial charge in [-0.2, -0.15) is 0 Å². The van der Waals surface area contributed by atoms with Gasteiger partial charge in [0, 0.05) is 12.1 Å². The third-order valence-corrected chi connectivity index (χ3v) is 6.28. The number of nitro benzene ring substituents is 1. The number of aliphatic imine (C=N–C) groups is 1. The van der Waals surface area contributed by atoms with Crippen molar-refractivity contribution in [3.05, 3.63) is 97.3 Å². The predicted molar refractivity (Wildman–Crippen MR) is 135 cm³/mol. The Bertz CT molecular complexity index is 1310. The number of nitrogens with zero attached hydrogens (tertiary/aromatic N) is 2. The van der Waals surface area contributed by atoms with Gasteiger partial charge in [0.05, 0.1) is 27.1 Å². The Morgan fingerprint density at radius 3 is 2.62 bits per heavy atom. The number of amides is 1. The molecule has 1 N–H and O–H groups in total. The minimum absolute atomic E-state index is 0.0516. The van der Waals surface area contributed by atoms with Gasteiger partial charge in [-0.3, -0.25) is 14.9 Å². The molecule has 0 aliphatic carbocycles. The maximum atomic E-state index is 12.5. The van der Waals surface area contributed by atoms with Crippen molar-refractivity contribution in [1.82, 2.24) is 5.32 Å². The van der Waals surface area contributed by atoms with E-state index in [1.54, 1.807) is 19.3 Å². The van der Waals surface area contributed by atoms with Gasteiger partial charge in [0.2, 0.25) is 0 Å². The van der Waals surface area contributed by atoms with E-state index in [1.165, 1.54) is 30.0 Å². The molecular weight excluding hydrogens is 522 g/mol. The quantitative estimate of drug-likeness (QED) is 0.230. The lowest BCUT2D eigenvalue weighted by Crippen LogP contribution is -2.19. The molecule has 1 heterocycles. The number of methoxy groups -OCH3 is 1. The van der Waals surface area contributed by atoms with Crippen molar-refractivity contribution < 1.29 is 19.2 Å². The molecule has 1 saturated heterocycles. The van der Waals surface area contributed by atoms with Gasteiger partial charge in [-0.05, 0) is 63.1 Å². The van der Waals surface area contributed by atoms with Gasteiger partial charge in [-0.15, -0.1) is 0 Å². The molecule has 0 bridgehead atoms. The number of carbonyl (C=O) groups excluding carboxylic acids is 1. The van der Waals surface area contributed by atoms with Crippen LogP contribution in [0.3, 0.4) is 0 Å². The van der Waals surface area contributed by atoms with Gasteiger partial charge < -0.3 is 14.8 Å². The maximum Gasteiger partial charge on any atom is 0.270 e. The lowest BCUT2D eigenvalue weighted by molar-refractivity contribution is -0.384. The number of rotatable bonds is 7. The molecule has 3 aromatic carbocycles. The van der Waals surface area contributed by atoms with E-state index in [2.05, 4.69) is 26.2 Å². The molecule has 0 unspecified atom stereocenters. The first kappa shape index (κ1) is 23.5. The van der Waals surface area contributed by atoms with Gasteiger partial charge in [0.15, 0.2) is 16.7 Å². The standard InChI is InChI=1S/C24H18BrN3O5S/c1-32-20-10-7-16(11-21(20)33-14-15-5-3-2-4-6-15)12-22-23(29)27-24(34-22)26-19-9-8-17(28(30)31)13-18(19)25/h2-13H,14H2,1H3,(H,26,27,29)/b22-12+. The fraction of sp³-hybridized carbons (Fsp3) is 0.0833. The van der Waals surface area contributed by atoms with Crippen molar-refractivity contribution >= 4 is 56.2 Å². The average molecular weight is 540 g/mol. The summed E-state index contributed by atoms with van der Waals surface area (Å²) in [5.74, 6) is 0.865. The van der Waals surface area contributed by atoms with Gasteiger partial charge in [-0.1, -0.05) is 36.4 Å². The molecule has 3 aromatic rings. The molecule has 1 amide bonds. The molecule has 172 valence electrons. The average Bonchev–Trinajstić information content (AvgIpc) is 3.18. The van der Waals surface area contributed by atoms with E-state index in [0.29, 0.717) is 38.3 Å². The SMILES string of the molecule is COc1ccc(/C=C2/SC(=Nc3ccc([N+](=O)[O-])cc3Br)NC2=O)cc1OCc1ccccc1. The number of amidine groups is 1. The van der Waals surface area contributed by atoms with Crippen molar-refractivity contribution in [2.45, 2.75) is 6.61 Å². The minimum atomic E-state index is -0.485. The Labute approximate surface area is 208 Å². The highest BCUT2D eigenvalue weighted by Gasteiger charge is 2.24. The highest BCUT2D eigenvalue weighted by molar-refractivity contribution is 9.10. The van der Waals surface area contributed by atoms with Crippen LogP contribution in [0, 0.1) is 10.1 Å². The zero-order chi connectivity index (χ0) is 24.1. The van der Waals surface area contributed by atoms with Crippen molar-refractivity contribution in [3.63, 3.8) is 0 Å². The molecule has 1 aliphatic heterocycles. The highest BCUT2D eigenvalue weighted by atomic mass is 79.9. The summed E-state index contributed by atoms with van der Waals surface area (Å²) >= 11 is 4.46. The fourth-order valence-corrected chi connectivity index (χ4v) is 4.36. The summed E-state index contributed by atoms with van der Waals surface area (Å²) in [6.45, 7) is 0.382. The number of nitro groups is 1. The summed E-state index contributed by atoms with van der Waals surface area (Å²) in [7, 11) is 1.57. The number of halogens is 1. The van der Waals surface area contributed by atoms with Gasteiger partial charge in [-0.25, -0.2) is 4.99 Å². The Morgan fingerprint density at radius 2 is 1.91 bits per heavy atom. The number of benzene rings is 3. The van der Waals surface area contributed by atoms with E-state index < -0.39 is 4.92 Å². The lowest BCUT2D eigenvalue weighted by atomic mass is 10.2. The van der Waals surface area contributed by atoms with Crippen molar-refractivity contribution in [3.8, 4) is 11.5 Å². The van der Waals surface area contributed by atoms with Crippen molar-refractivity contribution in [2.75, 3.05) is 7.11 Å². The molecule has 1 fully saturated rings. The highest BCUT2D eigenvalue weighted by Crippen LogP contribution is 2.34. The molecule has 0 atom stereocenters. The normalized spacial score (nSPS) is 15.4. The van der Waals surface area contributed by atoms with Crippen LogP contribution in [0.4, 0.5) is 11.4 Å². The van der Waals surface area contributed by atoms with Crippen LogP contribution in [0.15, 0.2) is 81.1 Å². The zero-order valence-electron chi connectivity index (χ0n) is 17.9. The van der Waals surface area contributed by atoms with Crippen molar-refractivity contribution in [2.24, 2.45) is 4.99 Å². The van der Waals surface area contributed by atoms with Crippen LogP contribution >= 0.6 is 27.7 Å². The van der Waals surface area contributed by atoms with E-state index in [4.69, 9.17) is 9.47 Å². The fourth-order valence-electron chi connectivity index (χ4n) is 3.07. The molecule has 4 rings (SSSR count). The number of nitrogens with one attached hydrogen (secondary N) is 1. The topological polar surface area (TPSA) is 103 Å². The Balaban J connectivity index is 1.53. The number of hydrogen-bond acceptors (Lipinski definition) is 7. The van der Waals surface area contributed by atoms with E-state index in [0.717, 1.165) is 11.1 Å². The lowest BCUT2D eigenvalue weighted by Gasteiger charge is -2.11. The molecule has 10 heteroatoms. The van der Waals surface area contributed by atoms with Crippen LogP contribution in [0.25, 0.3) is 6.08 Å². The monoisotopic (exact) mass is 539 g/mol. The first-order chi connectivity index (χ1) is 16.4. The molecular formula is C24H18BrN3O5S. The van der Waals surface area contributed by atoms with Crippen LogP contribution < -0.4 is 14.8 Å². The summed E-state index contributed by atoms with van der Waals surface area (Å²) in [5, 5.41) is 14.0. The summed E-state index contributed by atoms with van der Waals surface area (Å²) < 4.78 is 11.8. The third-order valence-electron chi connectivity index (χ3n) is 4.74. The second-order valence-electron chi connectivity index (χ2n) is 7.06. The van der Waals surface area contributed by atoms with Crippen LogP contribution in [-0.4, -0.2) is 23.1 Å². The molecule has 1 aliphatic rings. The van der Waals surface area contributed by atoms with E-state index in [9.17, 15) is 14.9 Å². The van der Waals surface area contributed by atoms with E-state index in [1.807, 2.05) is 42.5 Å². The Morgan fingerprint density at radius 1 is 1.12 bits per heavy atom. The zero-order valence-corrected chi connectivity index (χ0v) is 20.3. The Kier molecular flexibility index (Phi) is 7.29. The molecule has 8 nitrogen and oxygen atoms in total. The molecule has 0 saturated carbocycles. The second kappa shape index (κ2) is 10.5. The number of hydrogen-bond donors (Lipinski definition) is 1. The van der Waals surface area contributed by atoms with E-state index in [-0.39, 0.29) is 11.6 Å². The van der Waals surface area contributed by atoms with Crippen LogP contribution in [-0.2, 0) is 11.4 Å². The Hall–Kier alpha value is -3.63. The van der Waals surface area contributed by atoms with Crippen LogP contribution in [0.1, 0.15) is 11.1 Å². The number of ether oxygens (including phenoxy) is 2.